The number of hydrogen-bond donors (Lipinski definition) is 1. The first kappa shape index (κ1) is 11.2. The number of nitrogens with zero attached hydrogens (tertiary/aromatic N) is 4. The van der Waals surface area contributed by atoms with Gasteiger partial charge in [-0.25, -0.2) is 0 Å². The molecule has 1 aromatic heterocycles. The molecular weight excluding hydrogens is 214 g/mol. The summed E-state index contributed by atoms with van der Waals surface area (Å²) in [6.07, 6.45) is 7.35. The minimum Gasteiger partial charge on any atom is -0.312 e. The van der Waals surface area contributed by atoms with Gasteiger partial charge in [0.25, 0.3) is 0 Å². The van der Waals surface area contributed by atoms with Crippen molar-refractivity contribution in [3.05, 3.63) is 11.9 Å². The molecule has 1 aromatic rings. The summed E-state index contributed by atoms with van der Waals surface area (Å²) in [7, 11) is 1.93. The van der Waals surface area contributed by atoms with Gasteiger partial charge in [-0.3, -0.25) is 9.58 Å². The Morgan fingerprint density at radius 3 is 3.06 bits per heavy atom. The molecule has 5 heteroatoms. The normalized spacial score (nSPS) is 30.2. The first-order chi connectivity index (χ1) is 8.33. The second kappa shape index (κ2) is 4.74. The van der Waals surface area contributed by atoms with E-state index in [4.69, 9.17) is 0 Å². The van der Waals surface area contributed by atoms with E-state index in [2.05, 4.69) is 20.5 Å². The summed E-state index contributed by atoms with van der Waals surface area (Å²) in [5.41, 5.74) is 1.09. The Labute approximate surface area is 102 Å². The van der Waals surface area contributed by atoms with Crippen molar-refractivity contribution in [3.63, 3.8) is 0 Å². The lowest BCUT2D eigenvalue weighted by molar-refractivity contribution is 0.204. The Bertz CT molecular complexity index is 369. The number of aryl methyl sites for hydroxylation is 1. The molecule has 2 fully saturated rings. The molecule has 1 N–H and O–H groups in total. The molecule has 3 rings (SSSR count). The van der Waals surface area contributed by atoms with Crippen molar-refractivity contribution < 1.29 is 0 Å². The fourth-order valence-corrected chi connectivity index (χ4v) is 3.22. The minimum atomic E-state index is 0.703. The summed E-state index contributed by atoms with van der Waals surface area (Å²) in [4.78, 5) is 2.58. The van der Waals surface area contributed by atoms with Crippen molar-refractivity contribution in [1.29, 1.82) is 0 Å². The van der Waals surface area contributed by atoms with Crippen LogP contribution in [0.1, 0.15) is 31.4 Å². The van der Waals surface area contributed by atoms with Crippen LogP contribution in [0.2, 0.25) is 0 Å². The van der Waals surface area contributed by atoms with Crippen LogP contribution < -0.4 is 5.32 Å². The van der Waals surface area contributed by atoms with Crippen LogP contribution in [0.3, 0.4) is 0 Å². The average molecular weight is 235 g/mol. The summed E-state index contributed by atoms with van der Waals surface area (Å²) >= 11 is 0. The highest BCUT2D eigenvalue weighted by molar-refractivity contribution is 4.97. The largest absolute Gasteiger partial charge is 0.312 e. The van der Waals surface area contributed by atoms with E-state index in [9.17, 15) is 0 Å². The van der Waals surface area contributed by atoms with E-state index in [0.29, 0.717) is 12.1 Å². The highest BCUT2D eigenvalue weighted by Gasteiger charge is 2.33. The Balaban J connectivity index is 1.65. The summed E-state index contributed by atoms with van der Waals surface area (Å²) in [6.45, 7) is 3.36. The fraction of sp³-hybridized carbons (Fsp3) is 0.833. The Morgan fingerprint density at radius 2 is 2.35 bits per heavy atom. The maximum Gasteiger partial charge on any atom is 0.0967 e. The van der Waals surface area contributed by atoms with Crippen LogP contribution in [0.25, 0.3) is 0 Å². The lowest BCUT2D eigenvalue weighted by atomic mass is 10.0. The molecule has 2 aliphatic heterocycles. The van der Waals surface area contributed by atoms with Gasteiger partial charge in [0.05, 0.1) is 5.69 Å². The van der Waals surface area contributed by atoms with Crippen molar-refractivity contribution in [2.45, 2.75) is 44.3 Å². The number of nitrogens with one attached hydrogen (secondary N) is 1. The lowest BCUT2D eigenvalue weighted by Gasteiger charge is -2.28. The molecule has 0 saturated carbocycles. The first-order valence-electron chi connectivity index (χ1n) is 6.65. The van der Waals surface area contributed by atoms with E-state index >= 15 is 0 Å². The van der Waals surface area contributed by atoms with Crippen molar-refractivity contribution in [1.82, 2.24) is 25.2 Å². The SMILES string of the molecule is Cn1cc(CN2CCCC2C2CCCN2)nn1. The zero-order valence-electron chi connectivity index (χ0n) is 10.5. The molecule has 94 valence electrons. The molecule has 0 spiro atoms. The standard InChI is InChI=1S/C12H21N5/c1-16-8-10(14-15-16)9-17-7-3-5-12(17)11-4-2-6-13-11/h8,11-13H,2-7,9H2,1H3. The number of aromatic nitrogens is 3. The number of rotatable bonds is 3. The predicted molar refractivity (Wildman–Crippen MR) is 65.5 cm³/mol. The van der Waals surface area contributed by atoms with E-state index in [0.717, 1.165) is 12.2 Å². The van der Waals surface area contributed by atoms with Gasteiger partial charge in [-0.15, -0.1) is 5.10 Å². The van der Waals surface area contributed by atoms with E-state index < -0.39 is 0 Å². The molecule has 5 nitrogen and oxygen atoms in total. The van der Waals surface area contributed by atoms with Crippen molar-refractivity contribution in [2.75, 3.05) is 13.1 Å². The van der Waals surface area contributed by atoms with Crippen LogP contribution in [-0.4, -0.2) is 45.1 Å². The predicted octanol–water partition coefficient (Wildman–Crippen LogP) is 0.531. The Kier molecular flexibility index (Phi) is 3.11. The first-order valence-corrected chi connectivity index (χ1v) is 6.65. The van der Waals surface area contributed by atoms with Crippen molar-refractivity contribution in [3.8, 4) is 0 Å². The highest BCUT2D eigenvalue weighted by atomic mass is 15.4. The van der Waals surface area contributed by atoms with E-state index in [1.807, 2.05) is 13.2 Å². The van der Waals surface area contributed by atoms with Gasteiger partial charge in [-0.05, 0) is 38.8 Å². The van der Waals surface area contributed by atoms with Gasteiger partial charge in [0.1, 0.15) is 0 Å². The molecule has 2 saturated heterocycles. The number of hydrogen-bond acceptors (Lipinski definition) is 4. The van der Waals surface area contributed by atoms with Crippen LogP contribution in [0.4, 0.5) is 0 Å². The smallest absolute Gasteiger partial charge is 0.0967 e. The average Bonchev–Trinajstić information content (AvgIpc) is 3.00. The van der Waals surface area contributed by atoms with Gasteiger partial charge in [0.15, 0.2) is 0 Å². The van der Waals surface area contributed by atoms with Gasteiger partial charge in [-0.1, -0.05) is 5.21 Å². The summed E-state index contributed by atoms with van der Waals surface area (Å²) in [5, 5.41) is 11.8. The monoisotopic (exact) mass is 235 g/mol. The van der Waals surface area contributed by atoms with Crippen molar-refractivity contribution >= 4 is 0 Å². The van der Waals surface area contributed by atoms with Gasteiger partial charge in [-0.2, -0.15) is 0 Å². The van der Waals surface area contributed by atoms with Crippen LogP contribution in [0, 0.1) is 0 Å². The molecule has 0 radical (unpaired) electrons. The molecule has 0 bridgehead atoms. The van der Waals surface area contributed by atoms with Crippen molar-refractivity contribution in [2.24, 2.45) is 7.05 Å². The van der Waals surface area contributed by atoms with Gasteiger partial charge in [0, 0.05) is 31.9 Å². The molecule has 17 heavy (non-hydrogen) atoms. The zero-order valence-corrected chi connectivity index (χ0v) is 10.5. The number of likely N-dealkylation sites (tertiary alicyclic amines) is 1. The van der Waals surface area contributed by atoms with E-state index in [-0.39, 0.29) is 0 Å². The van der Waals surface area contributed by atoms with Gasteiger partial charge >= 0.3 is 0 Å². The lowest BCUT2D eigenvalue weighted by Crippen LogP contribution is -2.43. The molecule has 2 unspecified atom stereocenters. The third kappa shape index (κ3) is 2.35. The Hall–Kier alpha value is -0.940. The Morgan fingerprint density at radius 1 is 1.41 bits per heavy atom. The van der Waals surface area contributed by atoms with Gasteiger partial charge in [0.2, 0.25) is 0 Å². The van der Waals surface area contributed by atoms with Crippen LogP contribution >= 0.6 is 0 Å². The second-order valence-corrected chi connectivity index (χ2v) is 5.27. The third-order valence-electron chi connectivity index (χ3n) is 3.99. The summed E-state index contributed by atoms with van der Waals surface area (Å²) in [6, 6.07) is 1.41. The molecule has 2 aliphatic rings. The van der Waals surface area contributed by atoms with Crippen LogP contribution in [0.15, 0.2) is 6.20 Å². The quantitative estimate of drug-likeness (QED) is 0.830. The summed E-state index contributed by atoms with van der Waals surface area (Å²) in [5.74, 6) is 0. The van der Waals surface area contributed by atoms with Crippen LogP contribution in [-0.2, 0) is 13.6 Å². The molecular formula is C12H21N5. The second-order valence-electron chi connectivity index (χ2n) is 5.27. The molecule has 0 aromatic carbocycles. The molecule has 3 heterocycles. The maximum absolute atomic E-state index is 4.19. The fourth-order valence-electron chi connectivity index (χ4n) is 3.22. The minimum absolute atomic E-state index is 0.703. The maximum atomic E-state index is 4.19. The summed E-state index contributed by atoms with van der Waals surface area (Å²) < 4.78 is 1.79. The molecule has 0 aliphatic carbocycles. The molecule has 0 amide bonds. The van der Waals surface area contributed by atoms with E-state index in [1.54, 1.807) is 4.68 Å². The topological polar surface area (TPSA) is 46.0 Å². The van der Waals surface area contributed by atoms with Gasteiger partial charge < -0.3 is 5.32 Å². The highest BCUT2D eigenvalue weighted by Crippen LogP contribution is 2.25. The van der Waals surface area contributed by atoms with E-state index in [1.165, 1.54) is 38.8 Å². The van der Waals surface area contributed by atoms with Crippen LogP contribution in [0.5, 0.6) is 0 Å². The molecule has 2 atom stereocenters. The third-order valence-corrected chi connectivity index (χ3v) is 3.99. The zero-order chi connectivity index (χ0) is 11.7.